The number of aromatic nitrogens is 2. The highest BCUT2D eigenvalue weighted by Crippen LogP contribution is 2.46. The first kappa shape index (κ1) is 23.1. The van der Waals surface area contributed by atoms with Crippen LogP contribution in [0, 0.1) is 23.3 Å². The van der Waals surface area contributed by atoms with Crippen molar-refractivity contribution in [1.82, 2.24) is 14.9 Å². The molecule has 38 heavy (non-hydrogen) atoms. The summed E-state index contributed by atoms with van der Waals surface area (Å²) in [5.74, 6) is -6.43. The zero-order valence-electron chi connectivity index (χ0n) is 19.4. The van der Waals surface area contributed by atoms with Gasteiger partial charge in [0.1, 0.15) is 6.10 Å². The largest absolute Gasteiger partial charge is 0.390 e. The number of aliphatic hydroxyl groups is 2. The van der Waals surface area contributed by atoms with Crippen LogP contribution >= 0.6 is 0 Å². The van der Waals surface area contributed by atoms with E-state index >= 15 is 0 Å². The third kappa shape index (κ3) is 2.84. The topological polar surface area (TPSA) is 117 Å². The smallest absolute Gasteiger partial charge is 0.259 e. The lowest BCUT2D eigenvalue weighted by atomic mass is 9.96. The number of fused-ring (bicyclic) bond motifs is 10. The number of carbonyl (C=O) groups excluding carboxylic acids is 2. The van der Waals surface area contributed by atoms with Gasteiger partial charge in [0.05, 0.1) is 39.9 Å². The molecule has 1 fully saturated rings. The molecule has 3 aromatic carbocycles. The summed E-state index contributed by atoms with van der Waals surface area (Å²) in [6, 6.07) is 3.50. The van der Waals surface area contributed by atoms with Gasteiger partial charge in [-0.1, -0.05) is 0 Å². The number of imide groups is 1. The molecule has 194 valence electrons. The maximum absolute atomic E-state index is 14.6. The Hall–Kier alpha value is -4.00. The molecule has 2 amide bonds. The fourth-order valence-corrected chi connectivity index (χ4v) is 5.88. The number of nitrogens with zero attached hydrogens (tertiary/aromatic N) is 1. The number of halogens is 4. The third-order valence-electron chi connectivity index (χ3n) is 7.44. The lowest BCUT2D eigenvalue weighted by Crippen LogP contribution is -2.44. The number of hydrogen-bond acceptors (Lipinski definition) is 5. The van der Waals surface area contributed by atoms with E-state index in [2.05, 4.69) is 10.3 Å². The predicted molar refractivity (Wildman–Crippen MR) is 127 cm³/mol. The lowest BCUT2D eigenvalue weighted by molar-refractivity contribution is -0.190. The molecule has 0 aliphatic carbocycles. The number of aliphatic hydroxyl groups excluding tert-OH is 2. The van der Waals surface area contributed by atoms with Crippen molar-refractivity contribution in [3.63, 3.8) is 0 Å². The zero-order valence-corrected chi connectivity index (χ0v) is 19.4. The van der Waals surface area contributed by atoms with Crippen LogP contribution in [-0.4, -0.2) is 49.9 Å². The quantitative estimate of drug-likeness (QED) is 0.195. The van der Waals surface area contributed by atoms with Gasteiger partial charge in [0.25, 0.3) is 11.8 Å². The van der Waals surface area contributed by atoms with Gasteiger partial charge < -0.3 is 24.5 Å². The summed E-state index contributed by atoms with van der Waals surface area (Å²) in [7, 11) is 0. The maximum Gasteiger partial charge on any atom is 0.259 e. The highest BCUT2D eigenvalue weighted by molar-refractivity contribution is 6.39. The molecule has 2 aliphatic heterocycles. The number of ether oxygens (including phenoxy) is 1. The van der Waals surface area contributed by atoms with Crippen molar-refractivity contribution in [2.24, 2.45) is 0 Å². The molecule has 0 spiro atoms. The van der Waals surface area contributed by atoms with Gasteiger partial charge in [-0.15, -0.1) is 0 Å². The van der Waals surface area contributed by atoms with Crippen molar-refractivity contribution >= 4 is 55.4 Å². The SMILES string of the molecule is CC1CC(O)C(O)C(n2c3cc(F)c(F)cc3c3c4c(c5c6cc(F)c(F)cc6[nH]c5c32)C(=O)NC4=O)O1. The summed E-state index contributed by atoms with van der Waals surface area (Å²) in [6.07, 6.45) is -4.54. The van der Waals surface area contributed by atoms with Crippen LogP contribution in [0.2, 0.25) is 0 Å². The number of rotatable bonds is 1. The number of amides is 2. The Labute approximate surface area is 209 Å². The maximum atomic E-state index is 14.6. The van der Waals surface area contributed by atoms with E-state index in [1.54, 1.807) is 6.92 Å². The van der Waals surface area contributed by atoms with Crippen molar-refractivity contribution in [3.8, 4) is 0 Å². The van der Waals surface area contributed by atoms with Crippen LogP contribution in [-0.2, 0) is 4.74 Å². The standard InChI is InChI=1S/C26H17F4N3O5/c1-7-2-16(34)23(35)26(38-7)33-15-6-13(30)11(28)4-9(15)18-20-19(24(36)32-25(20)37)17-8-3-10(27)12(29)5-14(8)31-21(17)22(18)33/h3-7,16,23,26,31,34-35H,2H2,1H3,(H,32,36,37). The monoisotopic (exact) mass is 527 g/mol. The van der Waals surface area contributed by atoms with E-state index in [9.17, 15) is 37.4 Å². The molecule has 4 atom stereocenters. The second-order valence-corrected chi connectivity index (χ2v) is 9.73. The molecule has 1 saturated heterocycles. The van der Waals surface area contributed by atoms with Crippen molar-refractivity contribution in [1.29, 1.82) is 0 Å². The molecule has 4 N–H and O–H groups in total. The van der Waals surface area contributed by atoms with E-state index < -0.39 is 59.6 Å². The molecule has 5 aromatic rings. The molecule has 0 radical (unpaired) electrons. The molecule has 4 unspecified atom stereocenters. The minimum absolute atomic E-state index is 0.00196. The number of benzene rings is 3. The molecule has 0 saturated carbocycles. The first-order valence-electron chi connectivity index (χ1n) is 11.7. The molecular formula is C26H17F4N3O5. The van der Waals surface area contributed by atoms with E-state index in [0.717, 1.165) is 24.3 Å². The molecule has 0 bridgehead atoms. The van der Waals surface area contributed by atoms with Gasteiger partial charge in [-0.25, -0.2) is 17.6 Å². The van der Waals surface area contributed by atoms with Gasteiger partial charge in [-0.3, -0.25) is 14.9 Å². The molecule has 4 heterocycles. The summed E-state index contributed by atoms with van der Waals surface area (Å²) in [4.78, 5) is 29.0. The Bertz CT molecular complexity index is 1910. The number of nitrogens with one attached hydrogen (secondary N) is 2. The van der Waals surface area contributed by atoms with Crippen molar-refractivity contribution in [3.05, 3.63) is 58.7 Å². The van der Waals surface area contributed by atoms with Crippen LogP contribution < -0.4 is 5.32 Å². The number of hydrogen-bond donors (Lipinski definition) is 4. The predicted octanol–water partition coefficient (Wildman–Crippen LogP) is 3.90. The molecule has 2 aliphatic rings. The van der Waals surface area contributed by atoms with Gasteiger partial charge in [0.15, 0.2) is 29.5 Å². The van der Waals surface area contributed by atoms with E-state index in [1.807, 2.05) is 0 Å². The van der Waals surface area contributed by atoms with Gasteiger partial charge in [0, 0.05) is 45.6 Å². The highest BCUT2D eigenvalue weighted by Gasteiger charge is 2.41. The summed E-state index contributed by atoms with van der Waals surface area (Å²) in [5.41, 5.74) is -0.0144. The van der Waals surface area contributed by atoms with Gasteiger partial charge in [-0.05, 0) is 19.1 Å². The van der Waals surface area contributed by atoms with Crippen LogP contribution in [0.3, 0.4) is 0 Å². The molecule has 7 rings (SSSR count). The van der Waals surface area contributed by atoms with E-state index in [0.29, 0.717) is 0 Å². The van der Waals surface area contributed by atoms with E-state index in [1.165, 1.54) is 4.57 Å². The first-order valence-corrected chi connectivity index (χ1v) is 11.7. The first-order chi connectivity index (χ1) is 18.1. The van der Waals surface area contributed by atoms with Crippen LogP contribution in [0.25, 0.3) is 43.6 Å². The summed E-state index contributed by atoms with van der Waals surface area (Å²) >= 11 is 0. The van der Waals surface area contributed by atoms with Crippen molar-refractivity contribution in [2.75, 3.05) is 0 Å². The molecular weight excluding hydrogens is 510 g/mol. The molecule has 2 aromatic heterocycles. The molecule has 8 nitrogen and oxygen atoms in total. The van der Waals surface area contributed by atoms with Crippen molar-refractivity contribution in [2.45, 2.75) is 37.9 Å². The highest BCUT2D eigenvalue weighted by atomic mass is 19.2. The number of carbonyl (C=O) groups is 2. The van der Waals surface area contributed by atoms with Gasteiger partial charge >= 0.3 is 0 Å². The Kier molecular flexibility index (Phi) is 4.58. The van der Waals surface area contributed by atoms with E-state index in [4.69, 9.17) is 4.74 Å². The average Bonchev–Trinajstić information content (AvgIpc) is 3.46. The van der Waals surface area contributed by atoms with Crippen molar-refractivity contribution < 1.29 is 42.1 Å². The van der Waals surface area contributed by atoms with Gasteiger partial charge in [-0.2, -0.15) is 0 Å². The summed E-state index contributed by atoms with van der Waals surface area (Å²) < 4.78 is 64.9. The Morgan fingerprint density at radius 2 is 1.50 bits per heavy atom. The Balaban J connectivity index is 1.77. The second-order valence-electron chi connectivity index (χ2n) is 9.73. The summed E-state index contributed by atoms with van der Waals surface area (Å²) in [6.45, 7) is 1.66. The van der Waals surface area contributed by atoms with Crippen LogP contribution in [0.5, 0.6) is 0 Å². The molecule has 12 heteroatoms. The fraction of sp³-hybridized carbons (Fsp3) is 0.231. The minimum atomic E-state index is -1.52. The minimum Gasteiger partial charge on any atom is -0.390 e. The normalized spacial score (nSPS) is 23.8. The van der Waals surface area contributed by atoms with Crippen LogP contribution in [0.1, 0.15) is 40.3 Å². The number of aromatic amines is 1. The Morgan fingerprint density at radius 3 is 2.21 bits per heavy atom. The lowest BCUT2D eigenvalue weighted by Gasteiger charge is -2.37. The van der Waals surface area contributed by atoms with E-state index in [-0.39, 0.29) is 61.2 Å². The zero-order chi connectivity index (χ0) is 26.8. The van der Waals surface area contributed by atoms with Gasteiger partial charge in [0.2, 0.25) is 0 Å². The number of H-pyrrole nitrogens is 1. The third-order valence-corrected chi connectivity index (χ3v) is 7.44. The van der Waals surface area contributed by atoms with Crippen LogP contribution in [0.4, 0.5) is 17.6 Å². The second kappa shape index (κ2) is 7.53. The Morgan fingerprint density at radius 1 is 0.895 bits per heavy atom. The fourth-order valence-electron chi connectivity index (χ4n) is 5.88. The summed E-state index contributed by atoms with van der Waals surface area (Å²) in [5, 5.41) is 23.9. The van der Waals surface area contributed by atoms with Crippen LogP contribution in [0.15, 0.2) is 24.3 Å². The average molecular weight is 527 g/mol.